The third-order valence-electron chi connectivity index (χ3n) is 2.56. The van der Waals surface area contributed by atoms with E-state index in [1.54, 1.807) is 5.51 Å². The molecule has 7 heteroatoms. The highest BCUT2D eigenvalue weighted by Gasteiger charge is 2.13. The first kappa shape index (κ1) is 14.8. The van der Waals surface area contributed by atoms with Crippen LogP contribution in [0.1, 0.15) is 27.7 Å². The van der Waals surface area contributed by atoms with Crippen molar-refractivity contribution in [3.8, 4) is 0 Å². The van der Waals surface area contributed by atoms with Crippen molar-refractivity contribution in [1.29, 1.82) is 0 Å². The molecule has 2 N–H and O–H groups in total. The zero-order valence-electron chi connectivity index (χ0n) is 11.3. The maximum atomic E-state index is 11.5. The Morgan fingerprint density at radius 1 is 1.39 bits per heavy atom. The molecule has 6 nitrogen and oxygen atoms in total. The van der Waals surface area contributed by atoms with Gasteiger partial charge in [-0.15, -0.1) is 10.2 Å². The van der Waals surface area contributed by atoms with E-state index in [0.717, 1.165) is 6.54 Å². The van der Waals surface area contributed by atoms with Crippen molar-refractivity contribution in [2.24, 2.45) is 0 Å². The van der Waals surface area contributed by atoms with Crippen LogP contribution in [-0.2, 0) is 0 Å². The minimum absolute atomic E-state index is 0.237. The standard InChI is InChI=1S/C11H21N5OS/c1-8(2)16(9(3)4)6-5-12-10(17)14-11-15-13-7-18-11/h7-9H,5-6H2,1-4H3,(H2,12,14,15,17). The van der Waals surface area contributed by atoms with Crippen LogP contribution in [0.15, 0.2) is 5.51 Å². The van der Waals surface area contributed by atoms with E-state index in [9.17, 15) is 4.79 Å². The number of aromatic nitrogens is 2. The van der Waals surface area contributed by atoms with Crippen molar-refractivity contribution in [2.45, 2.75) is 39.8 Å². The largest absolute Gasteiger partial charge is 0.337 e. The van der Waals surface area contributed by atoms with Crippen LogP contribution in [0.4, 0.5) is 9.93 Å². The monoisotopic (exact) mass is 271 g/mol. The fourth-order valence-electron chi connectivity index (χ4n) is 1.78. The summed E-state index contributed by atoms with van der Waals surface area (Å²) in [5.41, 5.74) is 1.58. The van der Waals surface area contributed by atoms with Crippen molar-refractivity contribution in [3.05, 3.63) is 5.51 Å². The molecule has 1 aromatic heterocycles. The van der Waals surface area contributed by atoms with Gasteiger partial charge in [0.1, 0.15) is 5.51 Å². The van der Waals surface area contributed by atoms with Crippen molar-refractivity contribution < 1.29 is 4.79 Å². The second-order valence-electron chi connectivity index (χ2n) is 4.55. The fourth-order valence-corrected chi connectivity index (χ4v) is 2.22. The molecule has 0 fully saturated rings. The minimum Gasteiger partial charge on any atom is -0.337 e. The average Bonchev–Trinajstić information content (AvgIpc) is 2.75. The van der Waals surface area contributed by atoms with Gasteiger partial charge in [0.25, 0.3) is 0 Å². The van der Waals surface area contributed by atoms with E-state index in [1.165, 1.54) is 11.3 Å². The first-order valence-corrected chi connectivity index (χ1v) is 6.95. The lowest BCUT2D eigenvalue weighted by atomic mass is 10.2. The minimum atomic E-state index is -0.237. The van der Waals surface area contributed by atoms with Gasteiger partial charge < -0.3 is 5.32 Å². The van der Waals surface area contributed by atoms with Gasteiger partial charge in [0, 0.05) is 25.2 Å². The molecule has 0 saturated heterocycles. The maximum Gasteiger partial charge on any atom is 0.321 e. The summed E-state index contributed by atoms with van der Waals surface area (Å²) in [6.45, 7) is 10.1. The van der Waals surface area contributed by atoms with E-state index in [0.29, 0.717) is 23.8 Å². The van der Waals surface area contributed by atoms with Crippen LogP contribution in [0.25, 0.3) is 0 Å². The molecule has 0 aliphatic carbocycles. The van der Waals surface area contributed by atoms with Crippen LogP contribution in [0.3, 0.4) is 0 Å². The number of carbonyl (C=O) groups excluding carboxylic acids is 1. The summed E-state index contributed by atoms with van der Waals surface area (Å²) in [5.74, 6) is 0. The van der Waals surface area contributed by atoms with Crippen LogP contribution in [0.5, 0.6) is 0 Å². The van der Waals surface area contributed by atoms with E-state index in [2.05, 4.69) is 53.4 Å². The summed E-state index contributed by atoms with van der Waals surface area (Å²) in [7, 11) is 0. The van der Waals surface area contributed by atoms with Crippen LogP contribution in [0.2, 0.25) is 0 Å². The molecule has 0 unspecified atom stereocenters. The van der Waals surface area contributed by atoms with E-state index in [-0.39, 0.29) is 6.03 Å². The van der Waals surface area contributed by atoms with Gasteiger partial charge in [-0.25, -0.2) is 4.79 Å². The first-order valence-electron chi connectivity index (χ1n) is 6.07. The van der Waals surface area contributed by atoms with E-state index >= 15 is 0 Å². The molecule has 18 heavy (non-hydrogen) atoms. The number of rotatable bonds is 6. The molecule has 0 atom stereocenters. The fraction of sp³-hybridized carbons (Fsp3) is 0.727. The lowest BCUT2D eigenvalue weighted by Crippen LogP contribution is -2.43. The molecule has 0 aromatic carbocycles. The van der Waals surface area contributed by atoms with Crippen LogP contribution in [-0.4, -0.2) is 46.3 Å². The number of hydrogen-bond acceptors (Lipinski definition) is 5. The molecule has 1 heterocycles. The Labute approximate surface area is 112 Å². The summed E-state index contributed by atoms with van der Waals surface area (Å²) in [6.07, 6.45) is 0. The van der Waals surface area contributed by atoms with Crippen molar-refractivity contribution >= 4 is 22.5 Å². The summed E-state index contributed by atoms with van der Waals surface area (Å²) < 4.78 is 0. The molecule has 0 radical (unpaired) electrons. The number of nitrogens with zero attached hydrogens (tertiary/aromatic N) is 3. The summed E-state index contributed by atoms with van der Waals surface area (Å²) in [4.78, 5) is 13.9. The Bertz CT molecular complexity index is 344. The highest BCUT2D eigenvalue weighted by Crippen LogP contribution is 2.07. The molecule has 1 rings (SSSR count). The number of amides is 2. The normalized spacial score (nSPS) is 11.3. The number of carbonyl (C=O) groups is 1. The molecule has 0 bridgehead atoms. The van der Waals surface area contributed by atoms with Gasteiger partial charge >= 0.3 is 6.03 Å². The topological polar surface area (TPSA) is 70.2 Å². The zero-order valence-corrected chi connectivity index (χ0v) is 12.1. The Morgan fingerprint density at radius 2 is 2.06 bits per heavy atom. The molecule has 2 amide bonds. The SMILES string of the molecule is CC(C)N(CCNC(=O)Nc1nncs1)C(C)C. The maximum absolute atomic E-state index is 11.5. The van der Waals surface area contributed by atoms with Crippen LogP contribution in [0, 0.1) is 0 Å². The first-order chi connectivity index (χ1) is 8.50. The lowest BCUT2D eigenvalue weighted by molar-refractivity contribution is 0.176. The van der Waals surface area contributed by atoms with Crippen molar-refractivity contribution in [1.82, 2.24) is 20.4 Å². The Kier molecular flexibility index (Phi) is 6.00. The summed E-state index contributed by atoms with van der Waals surface area (Å²) >= 11 is 1.30. The van der Waals surface area contributed by atoms with Gasteiger partial charge in [-0.1, -0.05) is 11.3 Å². The van der Waals surface area contributed by atoms with E-state index in [1.807, 2.05) is 0 Å². The third-order valence-corrected chi connectivity index (χ3v) is 3.17. The highest BCUT2D eigenvalue weighted by atomic mass is 32.1. The molecule has 102 valence electrons. The molecule has 0 spiro atoms. The molecule has 0 aliphatic rings. The van der Waals surface area contributed by atoms with Crippen molar-refractivity contribution in [3.63, 3.8) is 0 Å². The lowest BCUT2D eigenvalue weighted by Gasteiger charge is -2.30. The highest BCUT2D eigenvalue weighted by molar-refractivity contribution is 7.13. The average molecular weight is 271 g/mol. The number of nitrogens with one attached hydrogen (secondary N) is 2. The second kappa shape index (κ2) is 7.27. The Balaban J connectivity index is 2.26. The van der Waals surface area contributed by atoms with Crippen LogP contribution >= 0.6 is 11.3 Å². The van der Waals surface area contributed by atoms with Gasteiger partial charge in [0.15, 0.2) is 0 Å². The van der Waals surface area contributed by atoms with E-state index in [4.69, 9.17) is 0 Å². The van der Waals surface area contributed by atoms with Crippen molar-refractivity contribution in [2.75, 3.05) is 18.4 Å². The summed E-state index contributed by atoms with van der Waals surface area (Å²) in [6, 6.07) is 0.704. The molecule has 0 saturated carbocycles. The molecule has 0 aliphatic heterocycles. The van der Waals surface area contributed by atoms with Gasteiger partial charge in [-0.05, 0) is 27.7 Å². The predicted octanol–water partition coefficient (Wildman–Crippen LogP) is 1.78. The Morgan fingerprint density at radius 3 is 2.56 bits per heavy atom. The smallest absolute Gasteiger partial charge is 0.321 e. The second-order valence-corrected chi connectivity index (χ2v) is 5.38. The predicted molar refractivity (Wildman–Crippen MR) is 73.9 cm³/mol. The number of urea groups is 1. The quantitative estimate of drug-likeness (QED) is 0.827. The number of hydrogen-bond donors (Lipinski definition) is 2. The summed E-state index contributed by atoms with van der Waals surface area (Å²) in [5, 5.41) is 13.3. The number of anilines is 1. The van der Waals surface area contributed by atoms with Gasteiger partial charge in [-0.2, -0.15) is 0 Å². The van der Waals surface area contributed by atoms with E-state index < -0.39 is 0 Å². The molecule has 1 aromatic rings. The van der Waals surface area contributed by atoms with Gasteiger partial charge in [0.05, 0.1) is 0 Å². The van der Waals surface area contributed by atoms with Gasteiger partial charge in [-0.3, -0.25) is 10.2 Å². The zero-order chi connectivity index (χ0) is 13.5. The molecular weight excluding hydrogens is 250 g/mol. The third kappa shape index (κ3) is 4.97. The van der Waals surface area contributed by atoms with Crippen LogP contribution < -0.4 is 10.6 Å². The van der Waals surface area contributed by atoms with Gasteiger partial charge in [0.2, 0.25) is 5.13 Å². The Hall–Kier alpha value is -1.21. The molecular formula is C11H21N5OS.